The highest BCUT2D eigenvalue weighted by Gasteiger charge is 2.26. The first-order valence-electron chi connectivity index (χ1n) is 5.69. The summed E-state index contributed by atoms with van der Waals surface area (Å²) in [5, 5.41) is 11.0. The van der Waals surface area contributed by atoms with Gasteiger partial charge in [0, 0.05) is 18.0 Å². The van der Waals surface area contributed by atoms with Crippen LogP contribution in [0.15, 0.2) is 29.6 Å². The third-order valence-electron chi connectivity index (χ3n) is 2.35. The number of nitrogens with one attached hydrogen (secondary N) is 1. The van der Waals surface area contributed by atoms with Crippen molar-refractivity contribution in [2.24, 2.45) is 0 Å². The summed E-state index contributed by atoms with van der Waals surface area (Å²) in [5.74, 6) is 0. The third-order valence-corrected chi connectivity index (χ3v) is 3.40. The van der Waals surface area contributed by atoms with Crippen LogP contribution in [0.2, 0.25) is 0 Å². The zero-order chi connectivity index (χ0) is 13.9. The number of pyridine rings is 1. The van der Waals surface area contributed by atoms with E-state index in [0.717, 1.165) is 5.65 Å². The van der Waals surface area contributed by atoms with Gasteiger partial charge in [0.2, 0.25) is 0 Å². The number of fused-ring (bicyclic) bond motifs is 1. The fourth-order valence-corrected chi connectivity index (χ4v) is 2.46. The van der Waals surface area contributed by atoms with Crippen LogP contribution in [0, 0.1) is 0 Å². The van der Waals surface area contributed by atoms with Gasteiger partial charge in [0.25, 0.3) is 0 Å². The SMILES string of the molecule is CC(CNCC(F)(F)F)Sc1nnc2ccccn12. The summed E-state index contributed by atoms with van der Waals surface area (Å²) >= 11 is 1.39. The summed E-state index contributed by atoms with van der Waals surface area (Å²) in [5.41, 5.74) is 0.723. The lowest BCUT2D eigenvalue weighted by Crippen LogP contribution is -2.32. The summed E-state index contributed by atoms with van der Waals surface area (Å²) in [6.45, 7) is 1.13. The maximum Gasteiger partial charge on any atom is 0.401 e. The molecule has 1 N–H and O–H groups in total. The van der Waals surface area contributed by atoms with E-state index in [9.17, 15) is 13.2 Å². The molecule has 8 heteroatoms. The maximum absolute atomic E-state index is 12.0. The molecule has 19 heavy (non-hydrogen) atoms. The fourth-order valence-electron chi connectivity index (χ4n) is 1.54. The lowest BCUT2D eigenvalue weighted by molar-refractivity contribution is -0.124. The predicted molar refractivity (Wildman–Crippen MR) is 67.2 cm³/mol. The fraction of sp³-hybridized carbons (Fsp3) is 0.455. The summed E-state index contributed by atoms with van der Waals surface area (Å²) in [6.07, 6.45) is -2.35. The summed E-state index contributed by atoms with van der Waals surface area (Å²) in [6, 6.07) is 5.53. The molecule has 0 fully saturated rings. The summed E-state index contributed by atoms with van der Waals surface area (Å²) < 4.78 is 37.8. The normalized spacial score (nSPS) is 13.9. The number of aromatic nitrogens is 3. The molecular formula is C11H13F3N4S. The van der Waals surface area contributed by atoms with E-state index in [1.807, 2.05) is 35.7 Å². The van der Waals surface area contributed by atoms with Crippen LogP contribution < -0.4 is 5.32 Å². The summed E-state index contributed by atoms with van der Waals surface area (Å²) in [4.78, 5) is 0. The van der Waals surface area contributed by atoms with Gasteiger partial charge in [-0.3, -0.25) is 4.40 Å². The standard InChI is InChI=1S/C11H13F3N4S/c1-8(6-15-7-11(12,13)14)19-10-17-16-9-4-2-3-5-18(9)10/h2-5,8,15H,6-7H2,1H3. The van der Waals surface area contributed by atoms with Crippen molar-refractivity contribution in [3.63, 3.8) is 0 Å². The molecule has 1 atom stereocenters. The largest absolute Gasteiger partial charge is 0.401 e. The van der Waals surface area contributed by atoms with Gasteiger partial charge in [0.1, 0.15) is 0 Å². The van der Waals surface area contributed by atoms with E-state index in [-0.39, 0.29) is 11.8 Å². The Hall–Kier alpha value is -1.28. The van der Waals surface area contributed by atoms with Crippen molar-refractivity contribution in [1.82, 2.24) is 19.9 Å². The minimum atomic E-state index is -4.17. The van der Waals surface area contributed by atoms with Crippen molar-refractivity contribution < 1.29 is 13.2 Å². The van der Waals surface area contributed by atoms with E-state index in [1.54, 1.807) is 0 Å². The molecule has 1 unspecified atom stereocenters. The lowest BCUT2D eigenvalue weighted by atomic mass is 10.4. The van der Waals surface area contributed by atoms with Crippen molar-refractivity contribution in [2.45, 2.75) is 23.5 Å². The average Bonchev–Trinajstić information content (AvgIpc) is 2.71. The predicted octanol–water partition coefficient (Wildman–Crippen LogP) is 2.36. The minimum absolute atomic E-state index is 0.0324. The molecule has 0 bridgehead atoms. The first-order chi connectivity index (χ1) is 8.96. The number of halogens is 3. The molecule has 104 valence electrons. The molecule has 0 spiro atoms. The van der Waals surface area contributed by atoms with E-state index in [1.165, 1.54) is 11.8 Å². The highest BCUT2D eigenvalue weighted by Crippen LogP contribution is 2.21. The Bertz CT molecular complexity index is 540. The Kier molecular flexibility index (Phi) is 4.31. The Morgan fingerprint density at radius 2 is 2.16 bits per heavy atom. The van der Waals surface area contributed by atoms with Gasteiger partial charge in [-0.2, -0.15) is 13.2 Å². The molecule has 2 heterocycles. The summed E-state index contributed by atoms with van der Waals surface area (Å²) in [7, 11) is 0. The topological polar surface area (TPSA) is 42.2 Å². The molecule has 0 saturated carbocycles. The van der Waals surface area contributed by atoms with Crippen molar-refractivity contribution in [1.29, 1.82) is 0 Å². The van der Waals surface area contributed by atoms with E-state index in [2.05, 4.69) is 15.5 Å². The number of hydrogen-bond donors (Lipinski definition) is 1. The highest BCUT2D eigenvalue weighted by atomic mass is 32.2. The first-order valence-corrected chi connectivity index (χ1v) is 6.57. The second-order valence-corrected chi connectivity index (χ2v) is 5.49. The van der Waals surface area contributed by atoms with E-state index < -0.39 is 12.7 Å². The number of nitrogens with zero attached hydrogens (tertiary/aromatic N) is 3. The Balaban J connectivity index is 1.90. The quantitative estimate of drug-likeness (QED) is 0.858. The molecule has 0 aliphatic heterocycles. The molecule has 0 aromatic carbocycles. The Morgan fingerprint density at radius 3 is 2.89 bits per heavy atom. The number of thioether (sulfide) groups is 1. The number of rotatable bonds is 5. The second kappa shape index (κ2) is 5.79. The molecule has 0 aliphatic rings. The van der Waals surface area contributed by atoms with Crippen LogP contribution >= 0.6 is 11.8 Å². The van der Waals surface area contributed by atoms with Crippen LogP contribution in [-0.2, 0) is 0 Å². The molecule has 0 amide bonds. The van der Waals surface area contributed by atoms with Gasteiger partial charge < -0.3 is 5.32 Å². The number of hydrogen-bond acceptors (Lipinski definition) is 4. The van der Waals surface area contributed by atoms with Crippen LogP contribution in [0.4, 0.5) is 13.2 Å². The molecule has 4 nitrogen and oxygen atoms in total. The Morgan fingerprint density at radius 1 is 1.37 bits per heavy atom. The smallest absolute Gasteiger partial charge is 0.308 e. The lowest BCUT2D eigenvalue weighted by Gasteiger charge is -2.12. The maximum atomic E-state index is 12.0. The first kappa shape index (κ1) is 14.1. The second-order valence-electron chi connectivity index (χ2n) is 4.09. The van der Waals surface area contributed by atoms with Crippen molar-refractivity contribution in [3.05, 3.63) is 24.4 Å². The van der Waals surface area contributed by atoms with Crippen molar-refractivity contribution >= 4 is 17.4 Å². The molecule has 2 aromatic heterocycles. The third kappa shape index (κ3) is 4.10. The Labute approximate surface area is 112 Å². The van der Waals surface area contributed by atoms with Crippen LogP contribution in [0.3, 0.4) is 0 Å². The van der Waals surface area contributed by atoms with Crippen molar-refractivity contribution in [2.75, 3.05) is 13.1 Å². The van der Waals surface area contributed by atoms with Gasteiger partial charge in [0.15, 0.2) is 10.8 Å². The molecule has 0 saturated heterocycles. The molecule has 0 aliphatic carbocycles. The highest BCUT2D eigenvalue weighted by molar-refractivity contribution is 7.99. The minimum Gasteiger partial charge on any atom is -0.308 e. The van der Waals surface area contributed by atoms with Crippen LogP contribution in [0.1, 0.15) is 6.92 Å². The monoisotopic (exact) mass is 290 g/mol. The van der Waals surface area contributed by atoms with Gasteiger partial charge in [0.05, 0.1) is 6.54 Å². The number of alkyl halides is 3. The van der Waals surface area contributed by atoms with Crippen LogP contribution in [-0.4, -0.2) is 39.1 Å². The van der Waals surface area contributed by atoms with Crippen molar-refractivity contribution in [3.8, 4) is 0 Å². The van der Waals surface area contributed by atoms with Crippen LogP contribution in [0.5, 0.6) is 0 Å². The van der Waals surface area contributed by atoms with Gasteiger partial charge in [-0.1, -0.05) is 24.8 Å². The van der Waals surface area contributed by atoms with Gasteiger partial charge >= 0.3 is 6.18 Å². The zero-order valence-corrected chi connectivity index (χ0v) is 11.0. The van der Waals surface area contributed by atoms with E-state index in [4.69, 9.17) is 0 Å². The molecule has 2 aromatic rings. The van der Waals surface area contributed by atoms with Gasteiger partial charge in [-0.25, -0.2) is 0 Å². The van der Waals surface area contributed by atoms with E-state index >= 15 is 0 Å². The van der Waals surface area contributed by atoms with Gasteiger partial charge in [-0.15, -0.1) is 10.2 Å². The van der Waals surface area contributed by atoms with Gasteiger partial charge in [-0.05, 0) is 12.1 Å². The molecule has 2 rings (SSSR count). The average molecular weight is 290 g/mol. The zero-order valence-electron chi connectivity index (χ0n) is 10.2. The van der Waals surface area contributed by atoms with Crippen LogP contribution in [0.25, 0.3) is 5.65 Å². The molecular weight excluding hydrogens is 277 g/mol. The molecule has 0 radical (unpaired) electrons. The van der Waals surface area contributed by atoms with E-state index in [0.29, 0.717) is 5.16 Å².